The minimum Gasteiger partial charge on any atom is -0.495 e. The van der Waals surface area contributed by atoms with E-state index in [4.69, 9.17) is 46.9 Å². The van der Waals surface area contributed by atoms with Crippen LogP contribution in [0.5, 0.6) is 5.75 Å². The number of benzene rings is 2. The van der Waals surface area contributed by atoms with Gasteiger partial charge in [-0.05, 0) is 75.9 Å². The van der Waals surface area contributed by atoms with E-state index >= 15 is 0 Å². The van der Waals surface area contributed by atoms with Crippen molar-refractivity contribution in [1.82, 2.24) is 0 Å². The highest BCUT2D eigenvalue weighted by Crippen LogP contribution is 2.50. The summed E-state index contributed by atoms with van der Waals surface area (Å²) >= 11 is 13.3. The third-order valence-electron chi connectivity index (χ3n) is 11.1. The lowest BCUT2D eigenvalue weighted by Gasteiger charge is -2.41. The smallest absolute Gasteiger partial charge is 0.412 e. The molecule has 0 saturated carbocycles. The van der Waals surface area contributed by atoms with Crippen molar-refractivity contribution in [2.75, 3.05) is 36.8 Å². The minimum absolute atomic E-state index is 0.0357. The maximum Gasteiger partial charge on any atom is 0.412 e. The van der Waals surface area contributed by atoms with Gasteiger partial charge in [0.05, 0.1) is 42.5 Å². The number of epoxide rings is 1. The van der Waals surface area contributed by atoms with Gasteiger partial charge in [0.1, 0.15) is 46.1 Å². The predicted molar refractivity (Wildman–Crippen MR) is 223 cm³/mol. The molecule has 3 amide bonds. The first-order chi connectivity index (χ1) is 27.9. The highest BCUT2D eigenvalue weighted by Gasteiger charge is 2.64. The summed E-state index contributed by atoms with van der Waals surface area (Å²) in [6.07, 6.45) is 2.55. The number of esters is 1. The van der Waals surface area contributed by atoms with Gasteiger partial charge in [0, 0.05) is 45.0 Å². The van der Waals surface area contributed by atoms with Crippen LogP contribution in [0.4, 0.5) is 21.9 Å². The summed E-state index contributed by atoms with van der Waals surface area (Å²) in [6.45, 7) is 6.95. The number of methoxy groups -OCH3 is 2. The Balaban J connectivity index is 1.43. The lowest BCUT2D eigenvalue weighted by molar-refractivity contribution is -0.187. The maximum absolute atomic E-state index is 14.2. The molecule has 2 aromatic carbocycles. The van der Waals surface area contributed by atoms with Gasteiger partial charge in [0.25, 0.3) is 0 Å². The zero-order chi connectivity index (χ0) is 43.2. The first-order valence-corrected chi connectivity index (χ1v) is 20.3. The number of amides is 3. The number of nitrogens with zero attached hydrogens (tertiary/aromatic N) is 1. The molecule has 2 aromatic rings. The topological polar surface area (TPSA) is 182 Å². The standard InChI is InChI=1S/C43H53Cl2N3O11/c1-24-11-10-13-34(56-7)43(54)22-33(57-38(52)23-43)26(3)40-42(4,59-40)35(21-37(51)48(5)31-18-27(17-24)19-32(55-6)39(31)45)58-41(53)47-30-16-15-28(20-29(30)44)46-36(50)14-9-8-12-25(2)49/h10-11,13,15-16,18-20,26,33-35,40,54H,8-9,12,14,17,21-23H2,1-7H3,(H,46,50)(H,47,53)/b13-10+,24-11+/t26-,33+,34-,35+,40+,42+,43-/m1/s1. The molecule has 320 valence electrons. The second kappa shape index (κ2) is 19.3. The second-order valence-electron chi connectivity index (χ2n) is 15.8. The molecule has 3 aliphatic rings. The molecule has 0 spiro atoms. The summed E-state index contributed by atoms with van der Waals surface area (Å²) in [4.78, 5) is 65.8. The lowest BCUT2D eigenvalue weighted by atomic mass is 9.78. The highest BCUT2D eigenvalue weighted by atomic mass is 35.5. The van der Waals surface area contributed by atoms with E-state index in [1.54, 1.807) is 51.2 Å². The molecule has 3 aliphatic heterocycles. The average Bonchev–Trinajstić information content (AvgIpc) is 3.87. The van der Waals surface area contributed by atoms with Crippen molar-refractivity contribution in [2.24, 2.45) is 5.92 Å². The average molecular weight is 859 g/mol. The first-order valence-electron chi connectivity index (χ1n) is 19.5. The molecule has 2 saturated heterocycles. The number of carbonyl (C=O) groups excluding carboxylic acids is 5. The number of nitrogens with one attached hydrogen (secondary N) is 2. The summed E-state index contributed by atoms with van der Waals surface area (Å²) < 4.78 is 29.3. The quantitative estimate of drug-likeness (QED) is 0.123. The van der Waals surface area contributed by atoms with E-state index in [-0.39, 0.29) is 53.1 Å². The van der Waals surface area contributed by atoms with Crippen molar-refractivity contribution < 1.29 is 52.8 Å². The molecule has 3 heterocycles. The van der Waals surface area contributed by atoms with Gasteiger partial charge in [-0.1, -0.05) is 53.9 Å². The van der Waals surface area contributed by atoms with Crippen molar-refractivity contribution in [2.45, 2.75) is 115 Å². The number of carbonyl (C=O) groups is 5. The summed E-state index contributed by atoms with van der Waals surface area (Å²) in [5.74, 6) is -1.41. The Morgan fingerprint density at radius 3 is 2.47 bits per heavy atom. The van der Waals surface area contributed by atoms with Crippen LogP contribution in [-0.4, -0.2) is 91.7 Å². The number of Topliss-reactive ketones (excluding diaryl/α,β-unsaturated/α-hetero) is 1. The maximum atomic E-state index is 14.2. The Hall–Kier alpha value is -4.47. The van der Waals surface area contributed by atoms with Crippen molar-refractivity contribution >= 4 is 69.9 Å². The molecule has 3 N–H and O–H groups in total. The third-order valence-corrected chi connectivity index (χ3v) is 11.8. The Morgan fingerprint density at radius 1 is 1.07 bits per heavy atom. The van der Waals surface area contributed by atoms with Crippen LogP contribution >= 0.6 is 23.2 Å². The van der Waals surface area contributed by atoms with Crippen LogP contribution in [0.25, 0.3) is 0 Å². The molecule has 4 bridgehead atoms. The Kier molecular flexibility index (Phi) is 14.9. The second-order valence-corrected chi connectivity index (χ2v) is 16.6. The summed E-state index contributed by atoms with van der Waals surface area (Å²) in [7, 11) is 4.50. The molecular weight excluding hydrogens is 805 g/mol. The van der Waals surface area contributed by atoms with Gasteiger partial charge in [0.15, 0.2) is 0 Å². The number of allylic oxidation sites excluding steroid dienone is 3. The monoisotopic (exact) mass is 857 g/mol. The molecule has 14 nitrogen and oxygen atoms in total. The lowest BCUT2D eigenvalue weighted by Crippen LogP contribution is -2.53. The third kappa shape index (κ3) is 11.2. The van der Waals surface area contributed by atoms with E-state index < -0.39 is 59.5 Å². The van der Waals surface area contributed by atoms with Crippen LogP contribution < -0.4 is 20.3 Å². The van der Waals surface area contributed by atoms with E-state index in [2.05, 4.69) is 10.6 Å². The summed E-state index contributed by atoms with van der Waals surface area (Å²) in [5.41, 5.74) is -0.157. The number of aliphatic hydroxyl groups is 1. The largest absolute Gasteiger partial charge is 0.495 e. The number of unbranched alkanes of at least 4 members (excludes halogenated alkanes) is 1. The van der Waals surface area contributed by atoms with Gasteiger partial charge in [-0.3, -0.25) is 19.7 Å². The van der Waals surface area contributed by atoms with E-state index in [1.165, 1.54) is 38.2 Å². The Labute approximate surface area is 354 Å². The molecule has 0 radical (unpaired) electrons. The number of hydrogen-bond donors (Lipinski definition) is 3. The molecule has 0 aromatic heterocycles. The van der Waals surface area contributed by atoms with Crippen LogP contribution in [-0.2, 0) is 44.5 Å². The van der Waals surface area contributed by atoms with E-state index in [1.807, 2.05) is 13.0 Å². The molecule has 0 unspecified atom stereocenters. The zero-order valence-electron chi connectivity index (χ0n) is 34.4. The number of hydrogen-bond acceptors (Lipinski definition) is 11. The number of ether oxygens (including phenoxy) is 5. The van der Waals surface area contributed by atoms with Crippen molar-refractivity contribution in [3.05, 3.63) is 69.7 Å². The fourth-order valence-electron chi connectivity index (χ4n) is 7.70. The Bertz CT molecular complexity index is 2010. The zero-order valence-corrected chi connectivity index (χ0v) is 35.9. The fraction of sp³-hybridized carbons (Fsp3) is 0.512. The molecule has 0 aliphatic carbocycles. The van der Waals surface area contributed by atoms with Gasteiger partial charge >= 0.3 is 12.1 Å². The molecule has 2 fully saturated rings. The van der Waals surface area contributed by atoms with Gasteiger partial charge in [-0.2, -0.15) is 0 Å². The Morgan fingerprint density at radius 2 is 1.80 bits per heavy atom. The molecule has 7 atom stereocenters. The van der Waals surface area contributed by atoms with Crippen LogP contribution in [0, 0.1) is 5.92 Å². The molecular formula is C43H53Cl2N3O11. The van der Waals surface area contributed by atoms with Crippen molar-refractivity contribution in [3.8, 4) is 5.75 Å². The fourth-order valence-corrected chi connectivity index (χ4v) is 8.25. The number of halogens is 2. The highest BCUT2D eigenvalue weighted by molar-refractivity contribution is 6.35. The number of rotatable bonds is 10. The number of anilines is 3. The first kappa shape index (κ1) is 45.6. The minimum atomic E-state index is -1.60. The normalized spacial score (nSPS) is 28.6. The molecule has 5 rings (SSSR count). The predicted octanol–water partition coefficient (Wildman–Crippen LogP) is 7.36. The van der Waals surface area contributed by atoms with E-state index in [0.29, 0.717) is 42.8 Å². The molecule has 59 heavy (non-hydrogen) atoms. The van der Waals surface area contributed by atoms with Crippen LogP contribution in [0.3, 0.4) is 0 Å². The van der Waals surface area contributed by atoms with E-state index in [9.17, 15) is 29.1 Å². The van der Waals surface area contributed by atoms with Gasteiger partial charge < -0.3 is 43.8 Å². The number of fused-ring (bicyclic) bond motifs is 5. The van der Waals surface area contributed by atoms with Gasteiger partial charge in [-0.15, -0.1) is 0 Å². The van der Waals surface area contributed by atoms with Gasteiger partial charge in [-0.25, -0.2) is 4.79 Å². The van der Waals surface area contributed by atoms with Crippen LogP contribution in [0.1, 0.15) is 78.2 Å². The van der Waals surface area contributed by atoms with E-state index in [0.717, 1.165) is 11.1 Å². The van der Waals surface area contributed by atoms with Crippen molar-refractivity contribution in [1.29, 1.82) is 0 Å². The number of ketones is 1. The molecule has 16 heteroatoms. The summed E-state index contributed by atoms with van der Waals surface area (Å²) in [6, 6.07) is 8.12. The van der Waals surface area contributed by atoms with Crippen molar-refractivity contribution in [3.63, 3.8) is 0 Å². The van der Waals surface area contributed by atoms with Crippen LogP contribution in [0.2, 0.25) is 10.0 Å². The van der Waals surface area contributed by atoms with Gasteiger partial charge in [0.2, 0.25) is 11.8 Å². The summed E-state index contributed by atoms with van der Waals surface area (Å²) in [5, 5.41) is 17.6. The van der Waals surface area contributed by atoms with Crippen LogP contribution in [0.15, 0.2) is 54.1 Å². The SMILES string of the molecule is COc1cc2cc(c1Cl)N(C)C(=O)C[C@H](OC(=O)Nc1ccc(NC(=O)CCCCC(C)=O)cc1Cl)[C@]1(C)O[C@H]1[C@H](C)[C@@H]1C[C@@](O)(CC(=O)O1)[C@H](OC)/C=C/C=C(\C)C2.